The van der Waals surface area contributed by atoms with Gasteiger partial charge in [0.1, 0.15) is 11.9 Å². The molecule has 0 aliphatic carbocycles. The maximum atomic E-state index is 10.7. The van der Waals surface area contributed by atoms with E-state index in [1.165, 1.54) is 5.56 Å². The Hall–Kier alpha value is -2.70. The minimum Gasteiger partial charge on any atom is -0.424 e. The van der Waals surface area contributed by atoms with Gasteiger partial charge in [-0.05, 0) is 29.5 Å². The number of ether oxygens (including phenoxy) is 1. The molecule has 1 aromatic heterocycles. The minimum atomic E-state index is -0.638. The van der Waals surface area contributed by atoms with Crippen molar-refractivity contribution in [3.8, 4) is 11.8 Å². The van der Waals surface area contributed by atoms with Crippen molar-refractivity contribution in [1.82, 2.24) is 9.97 Å². The maximum absolute atomic E-state index is 10.7. The molecule has 0 aliphatic heterocycles. The van der Waals surface area contributed by atoms with Crippen molar-refractivity contribution in [2.45, 2.75) is 32.6 Å². The first-order valence-corrected chi connectivity index (χ1v) is 6.89. The van der Waals surface area contributed by atoms with E-state index in [0.717, 1.165) is 12.6 Å². The third kappa shape index (κ3) is 3.30. The predicted octanol–water partition coefficient (Wildman–Crippen LogP) is 3.45. The van der Waals surface area contributed by atoms with Crippen LogP contribution >= 0.6 is 0 Å². The second-order valence-corrected chi connectivity index (χ2v) is 5.54. The molecule has 22 heavy (non-hydrogen) atoms. The smallest absolute Gasteiger partial charge is 0.329 e. The van der Waals surface area contributed by atoms with E-state index < -0.39 is 4.92 Å². The Kier molecular flexibility index (Phi) is 4.25. The van der Waals surface area contributed by atoms with Gasteiger partial charge in [0.2, 0.25) is 5.82 Å². The van der Waals surface area contributed by atoms with Crippen molar-refractivity contribution >= 4 is 11.5 Å². The largest absolute Gasteiger partial charge is 0.424 e. The van der Waals surface area contributed by atoms with Crippen LogP contribution in [0, 0.1) is 10.1 Å². The summed E-state index contributed by atoms with van der Waals surface area (Å²) in [4.78, 5) is 17.6. The highest BCUT2D eigenvalue weighted by molar-refractivity contribution is 5.50. The van der Waals surface area contributed by atoms with E-state index in [0.29, 0.717) is 5.75 Å². The van der Waals surface area contributed by atoms with E-state index >= 15 is 0 Å². The molecule has 0 saturated heterocycles. The second-order valence-electron chi connectivity index (χ2n) is 5.54. The van der Waals surface area contributed by atoms with Crippen LogP contribution in [-0.4, -0.2) is 14.9 Å². The van der Waals surface area contributed by atoms with Gasteiger partial charge >= 0.3 is 11.7 Å². The number of hydrogen-bond acceptors (Lipinski definition) is 6. The first kappa shape index (κ1) is 15.7. The Labute approximate surface area is 128 Å². The molecule has 0 amide bonds. The van der Waals surface area contributed by atoms with Gasteiger partial charge in [-0.3, -0.25) is 10.1 Å². The lowest BCUT2D eigenvalue weighted by atomic mass is 9.82. The molecule has 1 aromatic carbocycles. The average Bonchev–Trinajstić information content (AvgIpc) is 2.47. The molecule has 0 aliphatic rings. The van der Waals surface area contributed by atoms with Crippen LogP contribution in [0.1, 0.15) is 32.8 Å². The molecule has 0 fully saturated rings. The zero-order chi connectivity index (χ0) is 16.3. The summed E-state index contributed by atoms with van der Waals surface area (Å²) in [6.45, 7) is 6.48. The molecular formula is C15H18N4O3. The number of aromatic nitrogens is 2. The van der Waals surface area contributed by atoms with Gasteiger partial charge in [0.15, 0.2) is 0 Å². The summed E-state index contributed by atoms with van der Waals surface area (Å²) < 4.78 is 5.47. The number of hydrogen-bond donors (Lipinski definition) is 1. The van der Waals surface area contributed by atoms with Crippen LogP contribution in [0.5, 0.6) is 11.8 Å². The Morgan fingerprint density at radius 3 is 2.45 bits per heavy atom. The topological polar surface area (TPSA) is 104 Å². The highest BCUT2D eigenvalue weighted by atomic mass is 16.6. The molecule has 0 atom stereocenters. The first-order chi connectivity index (χ1) is 10.3. The van der Waals surface area contributed by atoms with Crippen molar-refractivity contribution in [2.24, 2.45) is 0 Å². The van der Waals surface area contributed by atoms with Gasteiger partial charge in [0.25, 0.3) is 0 Å². The summed E-state index contributed by atoms with van der Waals surface area (Å²) in [5, 5.41) is 10.7. The van der Waals surface area contributed by atoms with Crippen LogP contribution in [0.3, 0.4) is 0 Å². The highest BCUT2D eigenvalue weighted by Crippen LogP contribution is 2.29. The second kappa shape index (κ2) is 5.97. The van der Waals surface area contributed by atoms with Crippen molar-refractivity contribution in [2.75, 3.05) is 5.73 Å². The van der Waals surface area contributed by atoms with E-state index in [4.69, 9.17) is 10.5 Å². The Balaban J connectivity index is 2.18. The number of nitro groups is 1. The number of nitrogen functional groups attached to an aromatic ring is 1. The van der Waals surface area contributed by atoms with Gasteiger partial charge < -0.3 is 10.5 Å². The van der Waals surface area contributed by atoms with E-state index in [9.17, 15) is 10.1 Å². The van der Waals surface area contributed by atoms with E-state index in [1.54, 1.807) is 0 Å². The fourth-order valence-corrected chi connectivity index (χ4v) is 1.85. The summed E-state index contributed by atoms with van der Waals surface area (Å²) in [7, 11) is 0. The first-order valence-electron chi connectivity index (χ1n) is 6.89. The maximum Gasteiger partial charge on any atom is 0.329 e. The molecule has 0 saturated carbocycles. The van der Waals surface area contributed by atoms with Crippen molar-refractivity contribution < 1.29 is 9.66 Å². The molecular weight excluding hydrogens is 284 g/mol. The SMILES string of the molecule is CCC(C)(C)c1ccc(Oc2ncc([N+](=O)[O-])c(N)n2)cc1. The Morgan fingerprint density at radius 1 is 1.32 bits per heavy atom. The standard InChI is InChI=1S/C15H18N4O3/c1-4-15(2,3)10-5-7-11(8-6-10)22-14-17-9-12(19(20)21)13(16)18-14/h5-9H,4H2,1-3H3,(H2,16,17,18). The zero-order valence-corrected chi connectivity index (χ0v) is 12.7. The quantitative estimate of drug-likeness (QED) is 0.670. The zero-order valence-electron chi connectivity index (χ0n) is 12.7. The van der Waals surface area contributed by atoms with Crippen molar-refractivity contribution in [1.29, 1.82) is 0 Å². The molecule has 0 unspecified atom stereocenters. The lowest BCUT2D eigenvalue weighted by molar-refractivity contribution is -0.384. The summed E-state index contributed by atoms with van der Waals surface area (Å²) in [6, 6.07) is 7.56. The third-order valence-corrected chi connectivity index (χ3v) is 3.70. The molecule has 116 valence electrons. The summed E-state index contributed by atoms with van der Waals surface area (Å²) in [6.07, 6.45) is 2.06. The molecule has 2 N–H and O–H groups in total. The van der Waals surface area contributed by atoms with Crippen molar-refractivity contribution in [3.63, 3.8) is 0 Å². The predicted molar refractivity (Wildman–Crippen MR) is 82.9 cm³/mol. The Morgan fingerprint density at radius 2 is 1.95 bits per heavy atom. The van der Waals surface area contributed by atoms with Crippen LogP contribution in [0.15, 0.2) is 30.5 Å². The summed E-state index contributed by atoms with van der Waals surface area (Å²) >= 11 is 0. The number of rotatable bonds is 5. The van der Waals surface area contributed by atoms with Crippen LogP contribution in [0.4, 0.5) is 11.5 Å². The van der Waals surface area contributed by atoms with Crippen LogP contribution in [0.2, 0.25) is 0 Å². The average molecular weight is 302 g/mol. The van der Waals surface area contributed by atoms with Gasteiger partial charge in [0.05, 0.1) is 4.92 Å². The summed E-state index contributed by atoms with van der Waals surface area (Å²) in [5.74, 6) is 0.322. The third-order valence-electron chi connectivity index (χ3n) is 3.70. The van der Waals surface area contributed by atoms with E-state index in [-0.39, 0.29) is 22.9 Å². The number of benzene rings is 1. The molecule has 0 radical (unpaired) electrons. The number of anilines is 1. The lowest BCUT2D eigenvalue weighted by Crippen LogP contribution is -2.14. The van der Waals surface area contributed by atoms with Gasteiger partial charge in [-0.1, -0.05) is 32.9 Å². The molecule has 1 heterocycles. The summed E-state index contributed by atoms with van der Waals surface area (Å²) in [5.41, 5.74) is 6.45. The molecule has 7 heteroatoms. The molecule has 2 rings (SSSR count). The highest BCUT2D eigenvalue weighted by Gasteiger charge is 2.18. The fraction of sp³-hybridized carbons (Fsp3) is 0.333. The van der Waals surface area contributed by atoms with Gasteiger partial charge in [-0.2, -0.15) is 9.97 Å². The normalized spacial score (nSPS) is 11.2. The number of nitrogens with two attached hydrogens (primary N) is 1. The lowest BCUT2D eigenvalue weighted by Gasteiger charge is -2.23. The van der Waals surface area contributed by atoms with Gasteiger partial charge in [-0.25, -0.2) is 0 Å². The minimum absolute atomic E-state index is 0.0226. The van der Waals surface area contributed by atoms with Gasteiger partial charge in [-0.15, -0.1) is 0 Å². The molecule has 0 bridgehead atoms. The van der Waals surface area contributed by atoms with E-state index in [1.807, 2.05) is 24.3 Å². The monoisotopic (exact) mass is 302 g/mol. The van der Waals surface area contributed by atoms with Crippen LogP contribution < -0.4 is 10.5 Å². The molecule has 2 aromatic rings. The fourth-order valence-electron chi connectivity index (χ4n) is 1.85. The molecule has 7 nitrogen and oxygen atoms in total. The van der Waals surface area contributed by atoms with Crippen LogP contribution in [0.25, 0.3) is 0 Å². The van der Waals surface area contributed by atoms with Crippen molar-refractivity contribution in [3.05, 3.63) is 46.1 Å². The number of nitrogens with zero attached hydrogens (tertiary/aromatic N) is 3. The van der Waals surface area contributed by atoms with Crippen LogP contribution in [-0.2, 0) is 5.41 Å². The van der Waals surface area contributed by atoms with E-state index in [2.05, 4.69) is 30.7 Å². The van der Waals surface area contributed by atoms with Gasteiger partial charge in [0, 0.05) is 0 Å². The Bertz CT molecular complexity index is 684. The molecule has 0 spiro atoms.